The minimum Gasteiger partial charge on any atom is -0.321 e. The van der Waals surface area contributed by atoms with E-state index in [2.05, 4.69) is 22.4 Å². The molecule has 0 bridgehead atoms. The first-order valence-corrected chi connectivity index (χ1v) is 9.27. The van der Waals surface area contributed by atoms with Gasteiger partial charge in [0.2, 0.25) is 0 Å². The van der Waals surface area contributed by atoms with Crippen LogP contribution in [0.5, 0.6) is 0 Å². The van der Waals surface area contributed by atoms with Crippen molar-refractivity contribution in [1.82, 2.24) is 4.98 Å². The Morgan fingerprint density at radius 2 is 1.81 bits per heavy atom. The van der Waals surface area contributed by atoms with Gasteiger partial charge in [-0.2, -0.15) is 0 Å². The number of ketones is 1. The maximum absolute atomic E-state index is 12.6. The Hall–Kier alpha value is -2.79. The lowest BCUT2D eigenvalue weighted by atomic mass is 10.1. The lowest BCUT2D eigenvalue weighted by Gasteiger charge is -2.05. The maximum atomic E-state index is 12.6. The maximum Gasteiger partial charge on any atom is 0.267 e. The van der Waals surface area contributed by atoms with E-state index >= 15 is 0 Å². The van der Waals surface area contributed by atoms with Gasteiger partial charge in [0, 0.05) is 17.7 Å². The van der Waals surface area contributed by atoms with E-state index in [9.17, 15) is 9.59 Å². The van der Waals surface area contributed by atoms with Crippen molar-refractivity contribution in [1.29, 1.82) is 0 Å². The second kappa shape index (κ2) is 8.06. The molecule has 3 rings (SSSR count). The van der Waals surface area contributed by atoms with Crippen molar-refractivity contribution in [2.75, 3.05) is 5.32 Å². The Balaban J connectivity index is 1.69. The number of hydrogen-bond acceptors (Lipinski definition) is 4. The molecule has 1 heterocycles. The van der Waals surface area contributed by atoms with Gasteiger partial charge in [-0.15, -0.1) is 11.3 Å². The Bertz CT molecular complexity index is 932. The fourth-order valence-corrected chi connectivity index (χ4v) is 3.63. The third-order valence-corrected chi connectivity index (χ3v) is 5.26. The molecule has 1 N–H and O–H groups in total. The molecular formula is C21H20N2O2S. The van der Waals surface area contributed by atoms with E-state index in [-0.39, 0.29) is 11.7 Å². The lowest BCUT2D eigenvalue weighted by Crippen LogP contribution is -2.11. The zero-order valence-corrected chi connectivity index (χ0v) is 15.6. The van der Waals surface area contributed by atoms with Crippen molar-refractivity contribution >= 4 is 28.7 Å². The second-order valence-electron chi connectivity index (χ2n) is 6.10. The first kappa shape index (κ1) is 18.0. The first-order chi connectivity index (χ1) is 12.5. The standard InChI is InChI=1S/C21H20N2O2S/c1-14-20(21(25)23-18-10-6-9-17(13-18)15(2)24)26-19(22-14)12-11-16-7-4-3-5-8-16/h3-10,13H,11-12H2,1-2H3,(H,23,25). The molecule has 0 unspecified atom stereocenters. The van der Waals surface area contributed by atoms with Crippen molar-refractivity contribution in [3.05, 3.63) is 81.3 Å². The molecule has 0 aliphatic heterocycles. The summed E-state index contributed by atoms with van der Waals surface area (Å²) in [4.78, 5) is 29.2. The molecule has 4 nitrogen and oxygen atoms in total. The van der Waals surface area contributed by atoms with Gasteiger partial charge < -0.3 is 5.32 Å². The number of aryl methyl sites for hydroxylation is 3. The van der Waals surface area contributed by atoms with Gasteiger partial charge in [0.05, 0.1) is 10.7 Å². The summed E-state index contributed by atoms with van der Waals surface area (Å²) in [5.74, 6) is -0.218. The Kier molecular flexibility index (Phi) is 5.58. The molecule has 3 aromatic rings. The molecular weight excluding hydrogens is 344 g/mol. The van der Waals surface area contributed by atoms with Crippen molar-refractivity contribution in [3.63, 3.8) is 0 Å². The Morgan fingerprint density at radius 1 is 1.04 bits per heavy atom. The van der Waals surface area contributed by atoms with Gasteiger partial charge in [-0.05, 0) is 38.0 Å². The molecule has 1 aromatic heterocycles. The fourth-order valence-electron chi connectivity index (χ4n) is 2.67. The van der Waals surface area contributed by atoms with E-state index in [0.29, 0.717) is 16.1 Å². The summed E-state index contributed by atoms with van der Waals surface area (Å²) in [6, 6.07) is 17.2. The normalized spacial score (nSPS) is 10.5. The highest BCUT2D eigenvalue weighted by Gasteiger charge is 2.16. The van der Waals surface area contributed by atoms with Crippen LogP contribution in [0.3, 0.4) is 0 Å². The minimum atomic E-state index is -0.188. The van der Waals surface area contributed by atoms with Crippen molar-refractivity contribution in [2.45, 2.75) is 26.7 Å². The molecule has 0 radical (unpaired) electrons. The average molecular weight is 364 g/mol. The van der Waals surface area contributed by atoms with E-state index in [1.54, 1.807) is 24.3 Å². The van der Waals surface area contributed by atoms with Crippen LogP contribution in [0.15, 0.2) is 54.6 Å². The summed E-state index contributed by atoms with van der Waals surface area (Å²) in [7, 11) is 0. The predicted octanol–water partition coefficient (Wildman–Crippen LogP) is 4.69. The topological polar surface area (TPSA) is 59.1 Å². The zero-order chi connectivity index (χ0) is 18.5. The molecule has 1 amide bonds. The van der Waals surface area contributed by atoms with Crippen LogP contribution in [0.25, 0.3) is 0 Å². The van der Waals surface area contributed by atoms with Crippen LogP contribution in [0.4, 0.5) is 5.69 Å². The van der Waals surface area contributed by atoms with Gasteiger partial charge in [0.25, 0.3) is 5.91 Å². The highest BCUT2D eigenvalue weighted by molar-refractivity contribution is 7.13. The third-order valence-electron chi connectivity index (χ3n) is 4.04. The van der Waals surface area contributed by atoms with E-state index in [1.807, 2.05) is 25.1 Å². The van der Waals surface area contributed by atoms with Gasteiger partial charge in [0.1, 0.15) is 4.88 Å². The summed E-state index contributed by atoms with van der Waals surface area (Å²) < 4.78 is 0. The molecule has 26 heavy (non-hydrogen) atoms. The van der Waals surface area contributed by atoms with Gasteiger partial charge in [0.15, 0.2) is 5.78 Å². The summed E-state index contributed by atoms with van der Waals surface area (Å²) in [6.07, 6.45) is 1.71. The molecule has 0 aliphatic rings. The number of thiazole rings is 1. The van der Waals surface area contributed by atoms with Gasteiger partial charge in [-0.1, -0.05) is 42.5 Å². The van der Waals surface area contributed by atoms with Crippen LogP contribution < -0.4 is 5.32 Å². The number of amides is 1. The van der Waals surface area contributed by atoms with E-state index in [0.717, 1.165) is 23.5 Å². The highest BCUT2D eigenvalue weighted by Crippen LogP contribution is 2.22. The van der Waals surface area contributed by atoms with Crippen LogP contribution >= 0.6 is 11.3 Å². The van der Waals surface area contributed by atoms with Crippen molar-refractivity contribution in [3.8, 4) is 0 Å². The quantitative estimate of drug-likeness (QED) is 0.646. The molecule has 5 heteroatoms. The van der Waals surface area contributed by atoms with Crippen LogP contribution in [-0.4, -0.2) is 16.7 Å². The molecule has 2 aromatic carbocycles. The number of carbonyl (C=O) groups is 2. The van der Waals surface area contributed by atoms with Crippen molar-refractivity contribution < 1.29 is 9.59 Å². The van der Waals surface area contributed by atoms with Crippen LogP contribution in [-0.2, 0) is 12.8 Å². The molecule has 0 saturated heterocycles. The number of nitrogens with zero attached hydrogens (tertiary/aromatic N) is 1. The summed E-state index contributed by atoms with van der Waals surface area (Å²) >= 11 is 1.43. The molecule has 0 aliphatic carbocycles. The monoisotopic (exact) mass is 364 g/mol. The summed E-state index contributed by atoms with van der Waals surface area (Å²) in [6.45, 7) is 3.36. The van der Waals surface area contributed by atoms with Crippen molar-refractivity contribution in [2.24, 2.45) is 0 Å². The summed E-state index contributed by atoms with van der Waals surface area (Å²) in [5.41, 5.74) is 3.18. The number of anilines is 1. The SMILES string of the molecule is CC(=O)c1cccc(NC(=O)c2sc(CCc3ccccc3)nc2C)c1. The predicted molar refractivity (Wildman–Crippen MR) is 105 cm³/mol. The number of aromatic nitrogens is 1. The van der Waals surface area contributed by atoms with E-state index in [4.69, 9.17) is 0 Å². The number of hydrogen-bond donors (Lipinski definition) is 1. The Labute approximate surface area is 156 Å². The van der Waals surface area contributed by atoms with E-state index < -0.39 is 0 Å². The number of carbonyl (C=O) groups excluding carboxylic acids is 2. The van der Waals surface area contributed by atoms with Gasteiger partial charge in [-0.25, -0.2) is 4.98 Å². The van der Waals surface area contributed by atoms with Gasteiger partial charge >= 0.3 is 0 Å². The number of rotatable bonds is 6. The van der Waals surface area contributed by atoms with Crippen LogP contribution in [0.2, 0.25) is 0 Å². The first-order valence-electron chi connectivity index (χ1n) is 8.45. The molecule has 0 spiro atoms. The average Bonchev–Trinajstić information content (AvgIpc) is 3.02. The van der Waals surface area contributed by atoms with Gasteiger partial charge in [-0.3, -0.25) is 9.59 Å². The zero-order valence-electron chi connectivity index (χ0n) is 14.8. The molecule has 0 fully saturated rings. The van der Waals surface area contributed by atoms with E-state index in [1.165, 1.54) is 23.8 Å². The third kappa shape index (κ3) is 4.43. The molecule has 132 valence electrons. The second-order valence-corrected chi connectivity index (χ2v) is 7.18. The summed E-state index contributed by atoms with van der Waals surface area (Å²) in [5, 5.41) is 3.81. The van der Waals surface area contributed by atoms with Crippen LogP contribution in [0.1, 0.15) is 43.2 Å². The molecule has 0 saturated carbocycles. The number of benzene rings is 2. The number of Topliss-reactive ketones (excluding diaryl/α,β-unsaturated/α-hetero) is 1. The molecule has 0 atom stereocenters. The lowest BCUT2D eigenvalue weighted by molar-refractivity contribution is 0.101. The smallest absolute Gasteiger partial charge is 0.267 e. The highest BCUT2D eigenvalue weighted by atomic mass is 32.1. The number of nitrogens with one attached hydrogen (secondary N) is 1. The van der Waals surface area contributed by atoms with Crippen LogP contribution in [0, 0.1) is 6.92 Å². The minimum absolute atomic E-state index is 0.0294. The Morgan fingerprint density at radius 3 is 2.54 bits per heavy atom. The fraction of sp³-hybridized carbons (Fsp3) is 0.190. The largest absolute Gasteiger partial charge is 0.321 e.